The zero-order valence-electron chi connectivity index (χ0n) is 19.9. The first kappa shape index (κ1) is 24.3. The Morgan fingerprint density at radius 2 is 1.79 bits per heavy atom. The molecular weight excluding hydrogens is 420 g/mol. The highest BCUT2D eigenvalue weighted by atomic mass is 16.5. The number of carbonyl (C=O) groups excluding carboxylic acids is 2. The summed E-state index contributed by atoms with van der Waals surface area (Å²) >= 11 is 0. The van der Waals surface area contributed by atoms with E-state index >= 15 is 0 Å². The monoisotopic (exact) mass is 452 g/mol. The predicted molar refractivity (Wildman–Crippen MR) is 129 cm³/mol. The van der Waals surface area contributed by atoms with Gasteiger partial charge in [0.15, 0.2) is 0 Å². The number of methoxy groups -OCH3 is 1. The van der Waals surface area contributed by atoms with Crippen LogP contribution in [0.15, 0.2) is 48.0 Å². The van der Waals surface area contributed by atoms with E-state index in [4.69, 9.17) is 9.47 Å². The number of amides is 1. The number of Topliss-reactive ketones (excluding diaryl/α,β-unsaturated/α-hetero) is 1. The minimum atomic E-state index is -0.701. The van der Waals surface area contributed by atoms with Crippen molar-refractivity contribution in [3.8, 4) is 5.75 Å². The molecule has 33 heavy (non-hydrogen) atoms. The Morgan fingerprint density at radius 1 is 1.09 bits per heavy atom. The van der Waals surface area contributed by atoms with Crippen molar-refractivity contribution in [2.24, 2.45) is 0 Å². The molecule has 7 heteroatoms. The standard InChI is InChI=1S/C26H32N2O5/c1-6-14-33-21-12-9-19(16-17(21)2)24(29)22-23(18-7-10-20(11-8-18)27(3)4)28(13-15-32-5)26(31)25(22)30/h7-12,16,23,29H,6,13-15H2,1-5H3/b24-22-. The third-order valence-electron chi connectivity index (χ3n) is 5.71. The van der Waals surface area contributed by atoms with Gasteiger partial charge in [0, 0.05) is 39.0 Å². The molecular formula is C26H32N2O5. The van der Waals surface area contributed by atoms with Crippen LogP contribution in [0.1, 0.15) is 36.1 Å². The fourth-order valence-corrected chi connectivity index (χ4v) is 3.93. The molecule has 1 unspecified atom stereocenters. The molecule has 1 heterocycles. The van der Waals surface area contributed by atoms with Gasteiger partial charge in [-0.05, 0) is 54.8 Å². The second-order valence-corrected chi connectivity index (χ2v) is 8.30. The molecule has 1 aliphatic heterocycles. The van der Waals surface area contributed by atoms with E-state index in [1.807, 2.05) is 57.1 Å². The van der Waals surface area contributed by atoms with E-state index in [0.717, 1.165) is 29.0 Å². The highest BCUT2D eigenvalue weighted by Gasteiger charge is 2.45. The van der Waals surface area contributed by atoms with Gasteiger partial charge in [0.25, 0.3) is 11.7 Å². The number of aliphatic hydroxyl groups is 1. The van der Waals surface area contributed by atoms with Crippen molar-refractivity contribution >= 4 is 23.1 Å². The smallest absolute Gasteiger partial charge is 0.295 e. The zero-order chi connectivity index (χ0) is 24.1. The van der Waals surface area contributed by atoms with Gasteiger partial charge in [-0.1, -0.05) is 19.1 Å². The minimum Gasteiger partial charge on any atom is -0.507 e. The normalized spacial score (nSPS) is 17.5. The van der Waals surface area contributed by atoms with E-state index in [9.17, 15) is 14.7 Å². The predicted octanol–water partition coefficient (Wildman–Crippen LogP) is 3.92. The lowest BCUT2D eigenvalue weighted by atomic mass is 9.94. The van der Waals surface area contributed by atoms with Gasteiger partial charge in [-0.25, -0.2) is 0 Å². The van der Waals surface area contributed by atoms with E-state index in [-0.39, 0.29) is 24.5 Å². The molecule has 0 spiro atoms. The quantitative estimate of drug-likeness (QED) is 0.353. The third kappa shape index (κ3) is 5.03. The number of ether oxygens (including phenoxy) is 2. The Hall–Kier alpha value is -3.32. The van der Waals surface area contributed by atoms with Gasteiger partial charge < -0.3 is 24.4 Å². The van der Waals surface area contributed by atoms with Gasteiger partial charge in [0.2, 0.25) is 0 Å². The number of ketones is 1. The lowest BCUT2D eigenvalue weighted by Gasteiger charge is -2.25. The summed E-state index contributed by atoms with van der Waals surface area (Å²) in [5, 5.41) is 11.2. The van der Waals surface area contributed by atoms with E-state index in [1.165, 1.54) is 4.90 Å². The summed E-state index contributed by atoms with van der Waals surface area (Å²) in [6.45, 7) is 5.03. The van der Waals surface area contributed by atoms with Gasteiger partial charge >= 0.3 is 0 Å². The molecule has 1 fully saturated rings. The van der Waals surface area contributed by atoms with Gasteiger partial charge in [-0.3, -0.25) is 9.59 Å². The zero-order valence-corrected chi connectivity index (χ0v) is 19.9. The summed E-state index contributed by atoms with van der Waals surface area (Å²) in [4.78, 5) is 29.4. The van der Waals surface area contributed by atoms with Crippen LogP contribution in [0.3, 0.4) is 0 Å². The van der Waals surface area contributed by atoms with Gasteiger partial charge in [-0.15, -0.1) is 0 Å². The van der Waals surface area contributed by atoms with Crippen molar-refractivity contribution in [3.05, 3.63) is 64.7 Å². The van der Waals surface area contributed by atoms with Crippen molar-refractivity contribution in [1.82, 2.24) is 4.90 Å². The molecule has 3 rings (SSSR count). The number of nitrogens with zero attached hydrogens (tertiary/aromatic N) is 2. The molecule has 0 aromatic heterocycles. The molecule has 1 saturated heterocycles. The van der Waals surface area contributed by atoms with Crippen LogP contribution in [-0.4, -0.2) is 62.7 Å². The summed E-state index contributed by atoms with van der Waals surface area (Å²) in [5.41, 5.74) is 3.13. The lowest BCUT2D eigenvalue weighted by Crippen LogP contribution is -2.32. The van der Waals surface area contributed by atoms with Crippen molar-refractivity contribution in [3.63, 3.8) is 0 Å². The molecule has 2 aromatic carbocycles. The molecule has 176 valence electrons. The first-order chi connectivity index (χ1) is 15.8. The summed E-state index contributed by atoms with van der Waals surface area (Å²) in [7, 11) is 5.42. The highest BCUT2D eigenvalue weighted by Crippen LogP contribution is 2.40. The lowest BCUT2D eigenvalue weighted by molar-refractivity contribution is -0.140. The molecule has 1 amide bonds. The number of hydrogen-bond donors (Lipinski definition) is 1. The number of aryl methyl sites for hydroxylation is 1. The molecule has 1 aliphatic rings. The molecule has 0 radical (unpaired) electrons. The second kappa shape index (κ2) is 10.5. The summed E-state index contributed by atoms with van der Waals surface area (Å²) in [6, 6.07) is 12.2. The molecule has 0 aliphatic carbocycles. The fraction of sp³-hybridized carbons (Fsp3) is 0.385. The first-order valence-electron chi connectivity index (χ1n) is 11.1. The van der Waals surface area contributed by atoms with Crippen LogP contribution in [-0.2, 0) is 14.3 Å². The Labute approximate surface area is 195 Å². The molecule has 1 N–H and O–H groups in total. The number of likely N-dealkylation sites (tertiary alicyclic amines) is 1. The Balaban J connectivity index is 2.09. The number of rotatable bonds is 9. The van der Waals surface area contributed by atoms with Crippen LogP contribution >= 0.6 is 0 Å². The average Bonchev–Trinajstić information content (AvgIpc) is 3.06. The van der Waals surface area contributed by atoms with Crippen LogP contribution in [0.4, 0.5) is 5.69 Å². The van der Waals surface area contributed by atoms with E-state index in [0.29, 0.717) is 12.2 Å². The van der Waals surface area contributed by atoms with Crippen LogP contribution < -0.4 is 9.64 Å². The van der Waals surface area contributed by atoms with Gasteiger partial charge in [0.05, 0.1) is 24.8 Å². The number of anilines is 1. The number of aliphatic hydroxyl groups excluding tert-OH is 1. The Morgan fingerprint density at radius 3 is 2.36 bits per heavy atom. The maximum Gasteiger partial charge on any atom is 0.295 e. The Bertz CT molecular complexity index is 1040. The maximum absolute atomic E-state index is 13.1. The highest BCUT2D eigenvalue weighted by molar-refractivity contribution is 6.46. The van der Waals surface area contributed by atoms with E-state index < -0.39 is 17.7 Å². The molecule has 7 nitrogen and oxygen atoms in total. The van der Waals surface area contributed by atoms with Crippen molar-refractivity contribution in [1.29, 1.82) is 0 Å². The number of benzene rings is 2. The molecule has 2 aromatic rings. The topological polar surface area (TPSA) is 79.3 Å². The minimum absolute atomic E-state index is 0.0790. The SMILES string of the molecule is CCCOc1ccc(/C(O)=C2/C(=O)C(=O)N(CCOC)C2c2ccc(N(C)C)cc2)cc1C. The molecule has 0 saturated carbocycles. The van der Waals surface area contributed by atoms with E-state index in [1.54, 1.807) is 25.3 Å². The van der Waals surface area contributed by atoms with Crippen LogP contribution in [0.25, 0.3) is 5.76 Å². The van der Waals surface area contributed by atoms with Crippen LogP contribution in [0.2, 0.25) is 0 Å². The van der Waals surface area contributed by atoms with Crippen molar-refractivity contribution < 1.29 is 24.2 Å². The van der Waals surface area contributed by atoms with Gasteiger partial charge in [0.1, 0.15) is 11.5 Å². The van der Waals surface area contributed by atoms with Crippen molar-refractivity contribution in [2.75, 3.05) is 45.9 Å². The third-order valence-corrected chi connectivity index (χ3v) is 5.71. The summed E-state index contributed by atoms with van der Waals surface area (Å²) < 4.78 is 10.9. The average molecular weight is 453 g/mol. The largest absolute Gasteiger partial charge is 0.507 e. The van der Waals surface area contributed by atoms with Crippen LogP contribution in [0.5, 0.6) is 5.75 Å². The number of carbonyl (C=O) groups is 2. The van der Waals surface area contributed by atoms with Crippen molar-refractivity contribution in [2.45, 2.75) is 26.3 Å². The molecule has 0 bridgehead atoms. The fourth-order valence-electron chi connectivity index (χ4n) is 3.93. The maximum atomic E-state index is 13.1. The second-order valence-electron chi connectivity index (χ2n) is 8.30. The first-order valence-corrected chi connectivity index (χ1v) is 11.1. The summed E-state index contributed by atoms with van der Waals surface area (Å²) in [6.07, 6.45) is 0.888. The summed E-state index contributed by atoms with van der Waals surface area (Å²) in [5.74, 6) is -0.811. The van der Waals surface area contributed by atoms with E-state index in [2.05, 4.69) is 0 Å². The number of hydrogen-bond acceptors (Lipinski definition) is 6. The molecule has 1 atom stereocenters. The van der Waals surface area contributed by atoms with Gasteiger partial charge in [-0.2, -0.15) is 0 Å². The van der Waals surface area contributed by atoms with Crippen LogP contribution in [0, 0.1) is 6.92 Å². The Kier molecular flexibility index (Phi) is 7.76.